The van der Waals surface area contributed by atoms with E-state index in [0.29, 0.717) is 6.42 Å². The maximum Gasteiger partial charge on any atom is 0.407 e. The second kappa shape index (κ2) is 9.85. The van der Waals surface area contributed by atoms with Crippen LogP contribution in [0.2, 0.25) is 0 Å². The number of amides is 2. The molecule has 3 atom stereocenters. The van der Waals surface area contributed by atoms with Crippen LogP contribution in [0.5, 0.6) is 0 Å². The first-order valence-corrected chi connectivity index (χ1v) is 11.6. The highest BCUT2D eigenvalue weighted by Crippen LogP contribution is 2.44. The lowest BCUT2D eigenvalue weighted by Crippen LogP contribution is -2.46. The van der Waals surface area contributed by atoms with Crippen LogP contribution >= 0.6 is 0 Å². The topological polar surface area (TPSA) is 125 Å². The number of nitrogens with one attached hydrogen (secondary N) is 2. The Kier molecular flexibility index (Phi) is 6.88. The molecular formula is C26H30N2O6. The molecule has 1 fully saturated rings. The van der Waals surface area contributed by atoms with Crippen LogP contribution in [0.25, 0.3) is 11.1 Å². The fraction of sp³-hybridized carbons (Fsp3) is 0.423. The molecule has 0 aromatic heterocycles. The number of hydrogen-bond donors (Lipinski definition) is 4. The summed E-state index contributed by atoms with van der Waals surface area (Å²) in [6, 6.07) is 16.3. The van der Waals surface area contributed by atoms with Gasteiger partial charge in [0, 0.05) is 18.4 Å². The van der Waals surface area contributed by atoms with E-state index in [1.54, 1.807) is 0 Å². The van der Waals surface area contributed by atoms with Gasteiger partial charge in [-0.25, -0.2) is 9.59 Å². The largest absolute Gasteiger partial charge is 0.479 e. The molecule has 8 heteroatoms. The molecule has 0 heterocycles. The molecule has 1 unspecified atom stereocenters. The summed E-state index contributed by atoms with van der Waals surface area (Å²) in [5, 5.41) is 24.0. The zero-order chi connectivity index (χ0) is 24.3. The molecule has 2 amide bonds. The zero-order valence-corrected chi connectivity index (χ0v) is 19.1. The number of fused-ring (bicyclic) bond motifs is 3. The van der Waals surface area contributed by atoms with Gasteiger partial charge in [-0.15, -0.1) is 0 Å². The van der Waals surface area contributed by atoms with Gasteiger partial charge in [0.25, 0.3) is 0 Å². The molecule has 0 radical (unpaired) electrons. The summed E-state index contributed by atoms with van der Waals surface area (Å²) >= 11 is 0. The minimum absolute atomic E-state index is 0.00110. The second-order valence-corrected chi connectivity index (χ2v) is 9.41. The van der Waals surface area contributed by atoms with Crippen molar-refractivity contribution < 1.29 is 29.3 Å². The molecule has 180 valence electrons. The SMILES string of the molecule is CC(O)(CNC(=O)C[C@H]1CC[C@@H](NC(=O)OCC2c3ccccc3-c3ccccc32)C1)C(=O)O. The predicted molar refractivity (Wildman–Crippen MR) is 125 cm³/mol. The summed E-state index contributed by atoms with van der Waals surface area (Å²) in [7, 11) is 0. The number of aliphatic hydroxyl groups is 1. The van der Waals surface area contributed by atoms with Crippen LogP contribution in [-0.4, -0.2) is 53.0 Å². The molecule has 2 aliphatic rings. The Labute approximate surface area is 198 Å². The first kappa shape index (κ1) is 23.8. The number of carbonyl (C=O) groups excluding carboxylic acids is 2. The van der Waals surface area contributed by atoms with Gasteiger partial charge < -0.3 is 25.6 Å². The number of rotatable bonds is 8. The number of alkyl carbamates (subject to hydrolysis) is 1. The monoisotopic (exact) mass is 466 g/mol. The lowest BCUT2D eigenvalue weighted by Gasteiger charge is -2.19. The van der Waals surface area contributed by atoms with Crippen molar-refractivity contribution in [3.05, 3.63) is 59.7 Å². The van der Waals surface area contributed by atoms with Gasteiger partial charge in [-0.2, -0.15) is 0 Å². The summed E-state index contributed by atoms with van der Waals surface area (Å²) in [5.74, 6) is -1.62. The highest BCUT2D eigenvalue weighted by Gasteiger charge is 2.33. The molecule has 1 saturated carbocycles. The van der Waals surface area contributed by atoms with E-state index in [0.717, 1.165) is 30.9 Å². The number of hydrogen-bond acceptors (Lipinski definition) is 5. The normalized spacial score (nSPS) is 20.6. The zero-order valence-electron chi connectivity index (χ0n) is 19.1. The van der Waals surface area contributed by atoms with Crippen molar-refractivity contribution in [1.82, 2.24) is 10.6 Å². The number of carbonyl (C=O) groups is 3. The van der Waals surface area contributed by atoms with Crippen molar-refractivity contribution in [3.63, 3.8) is 0 Å². The summed E-state index contributed by atoms with van der Waals surface area (Å²) in [6.07, 6.45) is 1.92. The molecule has 0 aliphatic heterocycles. The molecule has 2 aliphatic carbocycles. The Morgan fingerprint density at radius 1 is 1.03 bits per heavy atom. The smallest absolute Gasteiger partial charge is 0.407 e. The molecular weight excluding hydrogens is 436 g/mol. The summed E-state index contributed by atoms with van der Waals surface area (Å²) in [5.41, 5.74) is 2.66. The Bertz CT molecular complexity index is 1040. The van der Waals surface area contributed by atoms with E-state index in [-0.39, 0.29) is 43.4 Å². The Morgan fingerprint density at radius 3 is 2.26 bits per heavy atom. The first-order valence-electron chi connectivity index (χ1n) is 11.6. The van der Waals surface area contributed by atoms with Crippen molar-refractivity contribution in [3.8, 4) is 11.1 Å². The average Bonchev–Trinajstić information content (AvgIpc) is 3.38. The van der Waals surface area contributed by atoms with Gasteiger partial charge in [-0.3, -0.25) is 4.79 Å². The van der Waals surface area contributed by atoms with Crippen LogP contribution in [0.15, 0.2) is 48.5 Å². The van der Waals surface area contributed by atoms with E-state index in [2.05, 4.69) is 34.9 Å². The Morgan fingerprint density at radius 2 is 1.65 bits per heavy atom. The van der Waals surface area contributed by atoms with Gasteiger partial charge in [0.2, 0.25) is 5.91 Å². The fourth-order valence-corrected chi connectivity index (χ4v) is 4.88. The Balaban J connectivity index is 1.24. The van der Waals surface area contributed by atoms with Crippen molar-refractivity contribution in [1.29, 1.82) is 0 Å². The summed E-state index contributed by atoms with van der Waals surface area (Å²) in [4.78, 5) is 35.5. The number of benzene rings is 2. The second-order valence-electron chi connectivity index (χ2n) is 9.41. The Hall–Kier alpha value is -3.39. The van der Waals surface area contributed by atoms with E-state index in [1.165, 1.54) is 11.1 Å². The van der Waals surface area contributed by atoms with Crippen molar-refractivity contribution in [2.24, 2.45) is 5.92 Å². The maximum atomic E-state index is 12.5. The highest BCUT2D eigenvalue weighted by molar-refractivity contribution is 5.80. The third-order valence-corrected chi connectivity index (χ3v) is 6.77. The van der Waals surface area contributed by atoms with Gasteiger partial charge in [-0.05, 0) is 54.4 Å². The molecule has 8 nitrogen and oxygen atoms in total. The molecule has 2 aromatic rings. The molecule has 2 aromatic carbocycles. The van der Waals surface area contributed by atoms with Crippen LogP contribution in [-0.2, 0) is 14.3 Å². The van der Waals surface area contributed by atoms with Crippen LogP contribution in [0.3, 0.4) is 0 Å². The molecule has 0 spiro atoms. The van der Waals surface area contributed by atoms with E-state index >= 15 is 0 Å². The van der Waals surface area contributed by atoms with E-state index < -0.39 is 17.7 Å². The summed E-state index contributed by atoms with van der Waals surface area (Å²) in [6.45, 7) is 1.04. The standard InChI is InChI=1S/C26H30N2O6/c1-26(33,24(30)31)15-27-23(29)13-16-10-11-17(12-16)28-25(32)34-14-22-20-8-4-2-6-18(20)19-7-3-5-9-21(19)22/h2-9,16-17,22,33H,10-15H2,1H3,(H,27,29)(H,28,32)(H,30,31)/t16-,17+,26?/m0/s1. The highest BCUT2D eigenvalue weighted by atomic mass is 16.5. The average molecular weight is 467 g/mol. The van der Waals surface area contributed by atoms with Crippen molar-refractivity contribution in [2.75, 3.05) is 13.2 Å². The molecule has 4 rings (SSSR count). The minimum atomic E-state index is -2.00. The molecule has 34 heavy (non-hydrogen) atoms. The number of carboxylic acids is 1. The van der Waals surface area contributed by atoms with E-state index in [4.69, 9.17) is 9.84 Å². The molecule has 4 N–H and O–H groups in total. The minimum Gasteiger partial charge on any atom is -0.479 e. The fourth-order valence-electron chi connectivity index (χ4n) is 4.88. The quantitative estimate of drug-likeness (QED) is 0.474. The lowest BCUT2D eigenvalue weighted by molar-refractivity contribution is -0.156. The van der Waals surface area contributed by atoms with Crippen LogP contribution < -0.4 is 10.6 Å². The van der Waals surface area contributed by atoms with Gasteiger partial charge in [-0.1, -0.05) is 48.5 Å². The van der Waals surface area contributed by atoms with E-state index in [9.17, 15) is 19.5 Å². The van der Waals surface area contributed by atoms with Crippen LogP contribution in [0.4, 0.5) is 4.79 Å². The number of ether oxygens (including phenoxy) is 1. The number of aliphatic carboxylic acids is 1. The molecule has 0 bridgehead atoms. The van der Waals surface area contributed by atoms with Gasteiger partial charge in [0.15, 0.2) is 5.60 Å². The first-order chi connectivity index (χ1) is 16.2. The van der Waals surface area contributed by atoms with Gasteiger partial charge in [0.1, 0.15) is 6.61 Å². The van der Waals surface area contributed by atoms with Crippen LogP contribution in [0.1, 0.15) is 49.7 Å². The van der Waals surface area contributed by atoms with Crippen molar-refractivity contribution in [2.45, 2.75) is 50.2 Å². The predicted octanol–water partition coefficient (Wildman–Crippen LogP) is 3.04. The molecule has 0 saturated heterocycles. The van der Waals surface area contributed by atoms with Gasteiger partial charge in [0.05, 0.1) is 6.54 Å². The van der Waals surface area contributed by atoms with Gasteiger partial charge >= 0.3 is 12.1 Å². The third kappa shape index (κ3) is 5.22. The van der Waals surface area contributed by atoms with Crippen molar-refractivity contribution >= 4 is 18.0 Å². The summed E-state index contributed by atoms with van der Waals surface area (Å²) < 4.78 is 5.60. The van der Waals surface area contributed by atoms with Crippen LogP contribution in [0, 0.1) is 5.92 Å². The third-order valence-electron chi connectivity index (χ3n) is 6.77. The van der Waals surface area contributed by atoms with E-state index in [1.807, 2.05) is 24.3 Å². The lowest BCUT2D eigenvalue weighted by atomic mass is 9.98. The number of carboxylic acid groups (broad SMARTS) is 1. The maximum absolute atomic E-state index is 12.5.